The van der Waals surface area contributed by atoms with Crippen molar-refractivity contribution in [3.8, 4) is 5.75 Å². The summed E-state index contributed by atoms with van der Waals surface area (Å²) in [4.78, 5) is 33.6. The maximum Gasteiger partial charge on any atom is 0.245 e. The number of benzene rings is 1. The molecule has 29 heavy (non-hydrogen) atoms. The molecule has 3 fully saturated rings. The lowest BCUT2D eigenvalue weighted by atomic mass is 9.98. The van der Waals surface area contributed by atoms with Gasteiger partial charge in [0.1, 0.15) is 11.8 Å². The number of methoxy groups -OCH3 is 1. The maximum absolute atomic E-state index is 12.7. The molecule has 7 heteroatoms. The largest absolute Gasteiger partial charge is 0.495 e. The van der Waals surface area contributed by atoms with Crippen molar-refractivity contribution < 1.29 is 14.3 Å². The number of hydrogen-bond donors (Lipinski definition) is 0. The fourth-order valence-electron chi connectivity index (χ4n) is 4.81. The van der Waals surface area contributed by atoms with Gasteiger partial charge in [0.2, 0.25) is 11.8 Å². The molecule has 0 bridgehead atoms. The highest BCUT2D eigenvalue weighted by atomic mass is 16.5. The molecule has 4 rings (SSSR count). The number of hydrogen-bond acceptors (Lipinski definition) is 5. The number of amides is 2. The molecule has 3 aliphatic rings. The van der Waals surface area contributed by atoms with Crippen molar-refractivity contribution in [3.63, 3.8) is 0 Å². The minimum absolute atomic E-state index is 0.125. The molecule has 0 radical (unpaired) electrons. The predicted molar refractivity (Wildman–Crippen MR) is 112 cm³/mol. The van der Waals surface area contributed by atoms with Crippen LogP contribution in [0.4, 0.5) is 5.69 Å². The van der Waals surface area contributed by atoms with Gasteiger partial charge in [0.05, 0.1) is 19.3 Å². The molecule has 2 amide bonds. The number of rotatable bonds is 6. The number of piperidine rings is 1. The van der Waals surface area contributed by atoms with Crippen LogP contribution >= 0.6 is 0 Å². The Hall–Kier alpha value is -2.28. The van der Waals surface area contributed by atoms with Gasteiger partial charge in [0.15, 0.2) is 0 Å². The molecule has 0 spiro atoms. The lowest BCUT2D eigenvalue weighted by molar-refractivity contribution is -0.157. The van der Waals surface area contributed by atoms with Crippen molar-refractivity contribution >= 4 is 17.5 Å². The molecule has 1 aromatic carbocycles. The smallest absolute Gasteiger partial charge is 0.245 e. The van der Waals surface area contributed by atoms with Crippen LogP contribution in [0.15, 0.2) is 24.3 Å². The fourth-order valence-corrected chi connectivity index (χ4v) is 4.81. The Balaban J connectivity index is 1.23. The van der Waals surface area contributed by atoms with Crippen LogP contribution in [-0.2, 0) is 9.59 Å². The van der Waals surface area contributed by atoms with Gasteiger partial charge in [-0.25, -0.2) is 0 Å². The van der Waals surface area contributed by atoms with Gasteiger partial charge in [-0.3, -0.25) is 14.5 Å². The molecule has 3 aliphatic heterocycles. The van der Waals surface area contributed by atoms with Crippen molar-refractivity contribution in [1.29, 1.82) is 0 Å². The number of piperazine rings is 2. The van der Waals surface area contributed by atoms with Crippen LogP contribution in [0.2, 0.25) is 0 Å². The molecule has 158 valence electrons. The standard InChI is InChI=1S/C22H32N4O3/c1-29-20-9-3-2-7-18(20)24-15-13-23(14-16-24)10-6-11-25-17-21(27)26-12-5-4-8-19(26)22(25)28/h2-3,7,9,19H,4-6,8,10-17H2,1H3/t19-/m0/s1. The van der Waals surface area contributed by atoms with Crippen LogP contribution in [0.1, 0.15) is 25.7 Å². The Morgan fingerprint density at radius 3 is 2.59 bits per heavy atom. The average molecular weight is 401 g/mol. The van der Waals surface area contributed by atoms with E-state index in [1.54, 1.807) is 16.9 Å². The molecule has 1 aromatic rings. The topological polar surface area (TPSA) is 56.3 Å². The molecular weight excluding hydrogens is 368 g/mol. The van der Waals surface area contributed by atoms with E-state index < -0.39 is 0 Å². The monoisotopic (exact) mass is 400 g/mol. The summed E-state index contributed by atoms with van der Waals surface area (Å²) in [6, 6.07) is 7.97. The number of para-hydroxylation sites is 2. The zero-order chi connectivity index (χ0) is 20.2. The predicted octanol–water partition coefficient (Wildman–Crippen LogP) is 1.43. The zero-order valence-corrected chi connectivity index (χ0v) is 17.4. The first-order valence-corrected chi connectivity index (χ1v) is 10.9. The highest BCUT2D eigenvalue weighted by Crippen LogP contribution is 2.28. The maximum atomic E-state index is 12.7. The summed E-state index contributed by atoms with van der Waals surface area (Å²) >= 11 is 0. The molecule has 3 heterocycles. The molecule has 0 aliphatic carbocycles. The first kappa shape index (κ1) is 20.0. The van der Waals surface area contributed by atoms with Gasteiger partial charge in [-0.1, -0.05) is 12.1 Å². The number of carbonyl (C=O) groups excluding carboxylic acids is 2. The quantitative estimate of drug-likeness (QED) is 0.723. The molecule has 0 N–H and O–H groups in total. The normalized spacial score (nSPS) is 23.3. The lowest BCUT2D eigenvalue weighted by Gasteiger charge is -2.43. The lowest BCUT2D eigenvalue weighted by Crippen LogP contribution is -2.61. The summed E-state index contributed by atoms with van der Waals surface area (Å²) < 4.78 is 5.49. The van der Waals surface area contributed by atoms with Gasteiger partial charge >= 0.3 is 0 Å². The first-order chi connectivity index (χ1) is 14.2. The zero-order valence-electron chi connectivity index (χ0n) is 17.4. The van der Waals surface area contributed by atoms with Crippen LogP contribution < -0.4 is 9.64 Å². The van der Waals surface area contributed by atoms with Gasteiger partial charge in [-0.2, -0.15) is 0 Å². The van der Waals surface area contributed by atoms with E-state index in [1.165, 1.54) is 0 Å². The minimum atomic E-state index is -0.200. The van der Waals surface area contributed by atoms with E-state index in [0.717, 1.165) is 76.4 Å². The highest BCUT2D eigenvalue weighted by Gasteiger charge is 2.40. The van der Waals surface area contributed by atoms with E-state index in [9.17, 15) is 9.59 Å². The van der Waals surface area contributed by atoms with Gasteiger partial charge in [0, 0.05) is 39.3 Å². The minimum Gasteiger partial charge on any atom is -0.495 e. The summed E-state index contributed by atoms with van der Waals surface area (Å²) in [5.74, 6) is 1.20. The summed E-state index contributed by atoms with van der Waals surface area (Å²) in [5, 5.41) is 0. The molecular formula is C22H32N4O3. The van der Waals surface area contributed by atoms with Crippen LogP contribution in [0.25, 0.3) is 0 Å². The second-order valence-corrected chi connectivity index (χ2v) is 8.21. The summed E-state index contributed by atoms with van der Waals surface area (Å²) in [7, 11) is 1.72. The van der Waals surface area contributed by atoms with E-state index in [1.807, 2.05) is 12.1 Å². The number of anilines is 1. The molecule has 7 nitrogen and oxygen atoms in total. The Labute approximate surface area is 173 Å². The summed E-state index contributed by atoms with van der Waals surface area (Å²) in [6.45, 7) is 6.60. The van der Waals surface area contributed by atoms with Gasteiger partial charge in [-0.15, -0.1) is 0 Å². The van der Waals surface area contributed by atoms with Gasteiger partial charge in [0.25, 0.3) is 0 Å². The Bertz CT molecular complexity index is 733. The molecule has 1 atom stereocenters. The number of carbonyl (C=O) groups is 2. The van der Waals surface area contributed by atoms with Crippen molar-refractivity contribution in [1.82, 2.24) is 14.7 Å². The Morgan fingerprint density at radius 2 is 1.79 bits per heavy atom. The van der Waals surface area contributed by atoms with Gasteiger partial charge < -0.3 is 19.4 Å². The van der Waals surface area contributed by atoms with E-state index in [4.69, 9.17) is 4.74 Å². The number of nitrogens with zero attached hydrogens (tertiary/aromatic N) is 4. The van der Waals surface area contributed by atoms with E-state index >= 15 is 0 Å². The van der Waals surface area contributed by atoms with E-state index in [2.05, 4.69) is 21.9 Å². The second-order valence-electron chi connectivity index (χ2n) is 8.21. The van der Waals surface area contributed by atoms with Crippen LogP contribution in [0.5, 0.6) is 5.75 Å². The van der Waals surface area contributed by atoms with Crippen molar-refractivity contribution in [2.75, 3.05) is 64.4 Å². The number of ether oxygens (including phenoxy) is 1. The van der Waals surface area contributed by atoms with E-state index in [0.29, 0.717) is 6.54 Å². The fraction of sp³-hybridized carbons (Fsp3) is 0.636. The average Bonchev–Trinajstić information content (AvgIpc) is 2.77. The first-order valence-electron chi connectivity index (χ1n) is 10.9. The van der Waals surface area contributed by atoms with Crippen LogP contribution in [0, 0.1) is 0 Å². The number of fused-ring (bicyclic) bond motifs is 1. The van der Waals surface area contributed by atoms with Crippen molar-refractivity contribution in [3.05, 3.63) is 24.3 Å². The molecule has 3 saturated heterocycles. The van der Waals surface area contributed by atoms with Crippen molar-refractivity contribution in [2.24, 2.45) is 0 Å². The highest BCUT2D eigenvalue weighted by molar-refractivity contribution is 5.95. The summed E-state index contributed by atoms with van der Waals surface area (Å²) in [6.07, 6.45) is 3.81. The van der Waals surface area contributed by atoms with Crippen LogP contribution in [0.3, 0.4) is 0 Å². The van der Waals surface area contributed by atoms with Gasteiger partial charge in [-0.05, 0) is 44.4 Å². The Morgan fingerprint density at radius 1 is 1.00 bits per heavy atom. The van der Waals surface area contributed by atoms with Crippen LogP contribution in [-0.4, -0.2) is 92.0 Å². The molecule has 0 saturated carbocycles. The third-order valence-electron chi connectivity index (χ3n) is 6.45. The molecule has 0 aromatic heterocycles. The third kappa shape index (κ3) is 4.34. The third-order valence-corrected chi connectivity index (χ3v) is 6.45. The SMILES string of the molecule is COc1ccccc1N1CCN(CCCN2CC(=O)N3CCCC[C@H]3C2=O)CC1. The van der Waals surface area contributed by atoms with E-state index in [-0.39, 0.29) is 24.4 Å². The second kappa shape index (κ2) is 9.03. The Kier molecular flexibility index (Phi) is 6.23. The molecule has 0 unspecified atom stereocenters. The summed E-state index contributed by atoms with van der Waals surface area (Å²) in [5.41, 5.74) is 1.16. The van der Waals surface area contributed by atoms with Crippen molar-refractivity contribution in [2.45, 2.75) is 31.7 Å².